The number of rotatable bonds is 5. The largest absolute Gasteiger partial charge is 0.498 e. The Morgan fingerprint density at radius 2 is 1.96 bits per heavy atom. The maximum absolute atomic E-state index is 6.08. The van der Waals surface area contributed by atoms with E-state index in [0.717, 1.165) is 22.3 Å². The van der Waals surface area contributed by atoms with Crippen LogP contribution in [0.5, 0.6) is 5.75 Å². The minimum absolute atomic E-state index is 0.141. The van der Waals surface area contributed by atoms with Crippen LogP contribution in [0.3, 0.4) is 0 Å². The molecule has 2 heterocycles. The topological polar surface area (TPSA) is 62.9 Å². The zero-order chi connectivity index (χ0) is 16.4. The van der Waals surface area contributed by atoms with Crippen LogP contribution in [0.15, 0.2) is 48.5 Å². The quantitative estimate of drug-likeness (QED) is 0.842. The molecule has 2 aromatic rings. The van der Waals surface area contributed by atoms with E-state index in [1.807, 2.05) is 48.5 Å². The van der Waals surface area contributed by atoms with E-state index in [1.165, 1.54) is 0 Å². The van der Waals surface area contributed by atoms with Crippen LogP contribution < -0.4 is 15.9 Å². The molecule has 0 amide bonds. The number of hydrogen-bond acceptors (Lipinski definition) is 5. The molecule has 4 rings (SSSR count). The van der Waals surface area contributed by atoms with E-state index < -0.39 is 7.12 Å². The summed E-state index contributed by atoms with van der Waals surface area (Å²) < 4.78 is 23.7. The molecule has 0 radical (unpaired) electrons. The first-order valence-corrected chi connectivity index (χ1v) is 8.23. The summed E-state index contributed by atoms with van der Waals surface area (Å²) in [7, 11) is -0.433. The molecule has 0 fully saturated rings. The summed E-state index contributed by atoms with van der Waals surface area (Å²) in [5.74, 6) is 0.819. The third-order valence-electron chi connectivity index (χ3n) is 4.34. The van der Waals surface area contributed by atoms with Gasteiger partial charge in [0.15, 0.2) is 0 Å². The Hall–Kier alpha value is -1.86. The molecular weight excluding hydrogens is 305 g/mol. The first-order chi connectivity index (χ1) is 11.8. The molecule has 0 aliphatic carbocycles. The lowest BCUT2D eigenvalue weighted by Crippen LogP contribution is -2.37. The molecule has 24 heavy (non-hydrogen) atoms. The second-order valence-electron chi connectivity index (χ2n) is 6.02. The van der Waals surface area contributed by atoms with Crippen molar-refractivity contribution in [3.8, 4) is 5.75 Å². The second kappa shape index (κ2) is 6.95. The maximum Gasteiger partial charge on any atom is 0.498 e. The number of ether oxygens (including phenoxy) is 2. The summed E-state index contributed by atoms with van der Waals surface area (Å²) in [6.45, 7) is 1.87. The summed E-state index contributed by atoms with van der Waals surface area (Å²) in [6, 6.07) is 16.0. The molecule has 0 bridgehead atoms. The molecule has 2 aliphatic rings. The van der Waals surface area contributed by atoms with Gasteiger partial charge in [-0.2, -0.15) is 0 Å². The van der Waals surface area contributed by atoms with Gasteiger partial charge in [0, 0.05) is 12.0 Å². The van der Waals surface area contributed by atoms with Crippen molar-refractivity contribution in [3.63, 3.8) is 0 Å². The van der Waals surface area contributed by atoms with Crippen molar-refractivity contribution in [3.05, 3.63) is 59.7 Å². The minimum Gasteiger partial charge on any atom is -0.491 e. The van der Waals surface area contributed by atoms with Gasteiger partial charge < -0.3 is 24.5 Å². The third-order valence-corrected chi connectivity index (χ3v) is 4.34. The van der Waals surface area contributed by atoms with Crippen LogP contribution in [0.1, 0.15) is 17.2 Å². The first-order valence-electron chi connectivity index (χ1n) is 8.23. The van der Waals surface area contributed by atoms with E-state index in [1.54, 1.807) is 0 Å². The van der Waals surface area contributed by atoms with Crippen molar-refractivity contribution in [1.29, 1.82) is 0 Å². The number of nitrogens with two attached hydrogens (primary N) is 1. The van der Waals surface area contributed by atoms with Gasteiger partial charge in [0.2, 0.25) is 0 Å². The zero-order valence-electron chi connectivity index (χ0n) is 13.4. The van der Waals surface area contributed by atoms with Gasteiger partial charge in [-0.15, -0.1) is 0 Å². The Morgan fingerprint density at radius 1 is 1.08 bits per heavy atom. The summed E-state index contributed by atoms with van der Waals surface area (Å²) >= 11 is 0. The lowest BCUT2D eigenvalue weighted by molar-refractivity contribution is 0.00715. The molecule has 2 unspecified atom stereocenters. The van der Waals surface area contributed by atoms with Crippen molar-refractivity contribution in [1.82, 2.24) is 0 Å². The van der Waals surface area contributed by atoms with E-state index >= 15 is 0 Å². The highest BCUT2D eigenvalue weighted by molar-refractivity contribution is 6.64. The monoisotopic (exact) mass is 325 g/mol. The summed E-state index contributed by atoms with van der Waals surface area (Å²) in [5, 5.41) is 0. The molecular formula is C18H20BNO4. The molecule has 2 N–H and O–H groups in total. The fraction of sp³-hybridized carbons (Fsp3) is 0.333. The van der Waals surface area contributed by atoms with Crippen LogP contribution in [-0.2, 0) is 20.7 Å². The van der Waals surface area contributed by atoms with E-state index in [0.29, 0.717) is 26.4 Å². The second-order valence-corrected chi connectivity index (χ2v) is 6.02. The highest BCUT2D eigenvalue weighted by atomic mass is 16.6. The molecule has 0 saturated heterocycles. The van der Waals surface area contributed by atoms with Gasteiger partial charge >= 0.3 is 7.12 Å². The van der Waals surface area contributed by atoms with Crippen molar-refractivity contribution in [2.45, 2.75) is 18.8 Å². The Balaban J connectivity index is 1.41. The smallest absolute Gasteiger partial charge is 0.491 e. The molecule has 2 atom stereocenters. The van der Waals surface area contributed by atoms with E-state index in [2.05, 4.69) is 0 Å². The van der Waals surface area contributed by atoms with Crippen molar-refractivity contribution in [2.75, 3.05) is 19.8 Å². The van der Waals surface area contributed by atoms with Crippen LogP contribution in [0.2, 0.25) is 0 Å². The van der Waals surface area contributed by atoms with Gasteiger partial charge in [-0.25, -0.2) is 0 Å². The van der Waals surface area contributed by atoms with Gasteiger partial charge in [0.25, 0.3) is 0 Å². The number of hydrogen-bond donors (Lipinski definition) is 1. The molecule has 6 heteroatoms. The van der Waals surface area contributed by atoms with Gasteiger partial charge in [-0.05, 0) is 17.2 Å². The fourth-order valence-corrected chi connectivity index (χ4v) is 3.16. The highest BCUT2D eigenvalue weighted by Crippen LogP contribution is 2.30. The summed E-state index contributed by atoms with van der Waals surface area (Å²) in [6.07, 6.45) is -0.326. The van der Waals surface area contributed by atoms with Gasteiger partial charge in [-0.1, -0.05) is 42.5 Å². The first kappa shape index (κ1) is 15.7. The Labute approximate surface area is 141 Å². The lowest BCUT2D eigenvalue weighted by Gasteiger charge is -2.19. The Bertz CT molecular complexity index is 697. The molecule has 5 nitrogen and oxygen atoms in total. The Kier molecular flexibility index (Phi) is 4.53. The summed E-state index contributed by atoms with van der Waals surface area (Å²) in [4.78, 5) is 0. The predicted octanol–water partition coefficient (Wildman–Crippen LogP) is 1.41. The SMILES string of the molecule is NCC1OB2OC(COCc3ccccc3)COc3cccc1c32. The van der Waals surface area contributed by atoms with Crippen molar-refractivity contribution >= 4 is 12.6 Å². The Morgan fingerprint density at radius 3 is 2.79 bits per heavy atom. The molecule has 124 valence electrons. The maximum atomic E-state index is 6.08. The minimum atomic E-state index is -0.433. The fourth-order valence-electron chi connectivity index (χ4n) is 3.16. The average Bonchev–Trinajstić information content (AvgIpc) is 2.88. The van der Waals surface area contributed by atoms with Gasteiger partial charge in [0.05, 0.1) is 19.3 Å². The van der Waals surface area contributed by atoms with Crippen LogP contribution in [0, 0.1) is 0 Å². The third kappa shape index (κ3) is 3.06. The van der Waals surface area contributed by atoms with Crippen molar-refractivity contribution < 1.29 is 18.8 Å². The number of benzene rings is 2. The molecule has 0 saturated carbocycles. The van der Waals surface area contributed by atoms with E-state index in [9.17, 15) is 0 Å². The lowest BCUT2D eigenvalue weighted by atomic mass is 9.77. The van der Waals surface area contributed by atoms with E-state index in [-0.39, 0.29) is 12.2 Å². The van der Waals surface area contributed by atoms with Crippen LogP contribution in [-0.4, -0.2) is 33.0 Å². The molecule has 2 aromatic carbocycles. The summed E-state index contributed by atoms with van der Waals surface area (Å²) in [5.41, 5.74) is 8.98. The molecule has 2 aliphatic heterocycles. The average molecular weight is 325 g/mol. The zero-order valence-corrected chi connectivity index (χ0v) is 13.4. The predicted molar refractivity (Wildman–Crippen MR) is 91.2 cm³/mol. The molecule has 0 spiro atoms. The van der Waals surface area contributed by atoms with Gasteiger partial charge in [0.1, 0.15) is 18.5 Å². The van der Waals surface area contributed by atoms with Crippen LogP contribution in [0.25, 0.3) is 0 Å². The normalized spacial score (nSPS) is 22.0. The van der Waals surface area contributed by atoms with E-state index in [4.69, 9.17) is 24.5 Å². The van der Waals surface area contributed by atoms with Gasteiger partial charge in [-0.3, -0.25) is 0 Å². The van der Waals surface area contributed by atoms with Crippen LogP contribution >= 0.6 is 0 Å². The highest BCUT2D eigenvalue weighted by Gasteiger charge is 2.42. The van der Waals surface area contributed by atoms with Crippen LogP contribution in [0.4, 0.5) is 0 Å². The standard InChI is InChI=1S/C18H20BNO4/c20-9-17-15-7-4-8-16-18(15)19(24-17)23-14(12-22-16)11-21-10-13-5-2-1-3-6-13/h1-8,14,17H,9-12,20H2. The molecule has 0 aromatic heterocycles. The van der Waals surface area contributed by atoms with Crippen molar-refractivity contribution in [2.24, 2.45) is 5.73 Å².